The zero-order valence-corrected chi connectivity index (χ0v) is 26.2. The van der Waals surface area contributed by atoms with Crippen molar-refractivity contribution in [2.45, 2.75) is 53.9 Å². The highest BCUT2D eigenvalue weighted by Gasteiger charge is 2.25. The molecule has 0 saturated heterocycles. The summed E-state index contributed by atoms with van der Waals surface area (Å²) in [5.41, 5.74) is 12.6. The topological polar surface area (TPSA) is 17.6 Å². The fourth-order valence-corrected chi connectivity index (χ4v) is 6.97. The molecule has 5 aromatic carbocycles. The van der Waals surface area contributed by atoms with E-state index >= 15 is 0 Å². The first-order valence-corrected chi connectivity index (χ1v) is 16.0. The standard InChI is InChI=1S/C40H40N4/c1-5-41-35-13-9-10-14-36(35)42(6-2)39(41)33-25-21-31(22-26-33)29-17-19-30(20-18-29)32-23-27-34(28-24-32)40-43(7-3)37-15-11-12-16-38(37)44(40)8-4/h9-28H,5-8H2,1-4H3/q+2. The SMILES string of the molecule is CCn1c(-c2ccc(-c3ccc(-c4ccc(-c5n(CC)c6ccccc6[n+]5CC)cc4)cc3)cc2)[n+](CC)c2ccccc21. The Kier molecular flexibility index (Phi) is 7.35. The number of hydrogen-bond donors (Lipinski definition) is 0. The van der Waals surface area contributed by atoms with Gasteiger partial charge >= 0.3 is 0 Å². The summed E-state index contributed by atoms with van der Waals surface area (Å²) >= 11 is 0. The van der Waals surface area contributed by atoms with Crippen molar-refractivity contribution in [2.24, 2.45) is 0 Å². The summed E-state index contributed by atoms with van der Waals surface area (Å²) in [7, 11) is 0. The van der Waals surface area contributed by atoms with Crippen LogP contribution in [0.3, 0.4) is 0 Å². The van der Waals surface area contributed by atoms with Crippen LogP contribution in [0.25, 0.3) is 67.1 Å². The van der Waals surface area contributed by atoms with Crippen LogP contribution in [0, 0.1) is 0 Å². The number of aryl methyl sites for hydroxylation is 4. The Hall–Kier alpha value is -4.96. The molecule has 4 heteroatoms. The van der Waals surface area contributed by atoms with Crippen LogP contribution in [0.15, 0.2) is 121 Å². The molecule has 44 heavy (non-hydrogen) atoms. The van der Waals surface area contributed by atoms with Gasteiger partial charge in [-0.05, 0) is 98.5 Å². The van der Waals surface area contributed by atoms with Gasteiger partial charge in [0.2, 0.25) is 0 Å². The van der Waals surface area contributed by atoms with Crippen LogP contribution in [-0.2, 0) is 26.2 Å². The van der Waals surface area contributed by atoms with Crippen molar-refractivity contribution >= 4 is 22.1 Å². The summed E-state index contributed by atoms with van der Waals surface area (Å²) < 4.78 is 9.71. The van der Waals surface area contributed by atoms with Crippen LogP contribution in [0.1, 0.15) is 27.7 Å². The van der Waals surface area contributed by atoms with E-state index in [0.29, 0.717) is 0 Å². The predicted octanol–water partition coefficient (Wildman–Crippen LogP) is 8.92. The Morgan fingerprint density at radius 2 is 0.682 bits per heavy atom. The van der Waals surface area contributed by atoms with Crippen LogP contribution in [0.4, 0.5) is 0 Å². The molecule has 0 spiro atoms. The zero-order valence-electron chi connectivity index (χ0n) is 26.2. The quantitative estimate of drug-likeness (QED) is 0.161. The Morgan fingerprint density at radius 3 is 0.977 bits per heavy atom. The van der Waals surface area contributed by atoms with Crippen LogP contribution in [0.2, 0.25) is 0 Å². The van der Waals surface area contributed by atoms with Gasteiger partial charge in [0.1, 0.15) is 0 Å². The third kappa shape index (κ3) is 4.53. The number of hydrogen-bond acceptors (Lipinski definition) is 0. The number of benzene rings is 5. The van der Waals surface area contributed by atoms with Crippen molar-refractivity contribution < 1.29 is 9.13 Å². The Balaban J connectivity index is 1.16. The number of para-hydroxylation sites is 4. The van der Waals surface area contributed by atoms with E-state index in [1.54, 1.807) is 0 Å². The van der Waals surface area contributed by atoms with E-state index < -0.39 is 0 Å². The number of aromatic nitrogens is 4. The molecule has 0 amide bonds. The third-order valence-electron chi connectivity index (χ3n) is 9.05. The first-order chi connectivity index (χ1) is 21.7. The van der Waals surface area contributed by atoms with Gasteiger partial charge in [-0.15, -0.1) is 0 Å². The van der Waals surface area contributed by atoms with Gasteiger partial charge < -0.3 is 0 Å². The second-order valence-electron chi connectivity index (χ2n) is 11.3. The lowest BCUT2D eigenvalue weighted by atomic mass is 9.99. The first kappa shape index (κ1) is 27.8. The maximum Gasteiger partial charge on any atom is 0.289 e. The molecule has 0 aliphatic heterocycles. The van der Waals surface area contributed by atoms with E-state index in [4.69, 9.17) is 0 Å². The monoisotopic (exact) mass is 576 g/mol. The molecule has 0 radical (unpaired) electrons. The van der Waals surface area contributed by atoms with Gasteiger partial charge in [0, 0.05) is 0 Å². The second-order valence-corrected chi connectivity index (χ2v) is 11.3. The summed E-state index contributed by atoms with van der Waals surface area (Å²) in [4.78, 5) is 0. The molecule has 0 N–H and O–H groups in total. The lowest BCUT2D eigenvalue weighted by molar-refractivity contribution is -0.657. The molecule has 0 fully saturated rings. The van der Waals surface area contributed by atoms with Crippen LogP contribution in [-0.4, -0.2) is 9.13 Å². The minimum absolute atomic E-state index is 0.938. The number of fused-ring (bicyclic) bond motifs is 2. The fraction of sp³-hybridized carbons (Fsp3) is 0.200. The lowest BCUT2D eigenvalue weighted by Crippen LogP contribution is -2.34. The molecule has 2 heterocycles. The van der Waals surface area contributed by atoms with Crippen molar-refractivity contribution in [3.63, 3.8) is 0 Å². The normalized spacial score (nSPS) is 11.5. The van der Waals surface area contributed by atoms with Gasteiger partial charge in [-0.2, -0.15) is 0 Å². The smallest absolute Gasteiger partial charge is 0.223 e. The van der Waals surface area contributed by atoms with Gasteiger partial charge in [-0.25, -0.2) is 18.3 Å². The minimum Gasteiger partial charge on any atom is -0.223 e. The Bertz CT molecular complexity index is 1840. The third-order valence-corrected chi connectivity index (χ3v) is 9.05. The molecule has 4 nitrogen and oxygen atoms in total. The Morgan fingerprint density at radius 1 is 0.386 bits per heavy atom. The molecule has 0 bridgehead atoms. The average molecular weight is 577 g/mol. The highest BCUT2D eigenvalue weighted by Crippen LogP contribution is 2.30. The second kappa shape index (κ2) is 11.6. The fourth-order valence-electron chi connectivity index (χ4n) is 6.97. The molecule has 0 aliphatic carbocycles. The van der Waals surface area contributed by atoms with E-state index in [0.717, 1.165) is 26.2 Å². The van der Waals surface area contributed by atoms with E-state index in [-0.39, 0.29) is 0 Å². The highest BCUT2D eigenvalue weighted by atomic mass is 15.2. The van der Waals surface area contributed by atoms with Gasteiger partial charge in [0.25, 0.3) is 11.6 Å². The molecule has 0 unspecified atom stereocenters. The van der Waals surface area contributed by atoms with E-state index in [9.17, 15) is 0 Å². The molecule has 218 valence electrons. The molecule has 0 atom stereocenters. The van der Waals surface area contributed by atoms with Gasteiger partial charge in [-0.3, -0.25) is 0 Å². The van der Waals surface area contributed by atoms with Crippen molar-refractivity contribution in [1.29, 1.82) is 0 Å². The van der Waals surface area contributed by atoms with Gasteiger partial charge in [0.15, 0.2) is 22.1 Å². The maximum absolute atomic E-state index is 2.43. The summed E-state index contributed by atoms with van der Waals surface area (Å²) in [5.74, 6) is 2.54. The van der Waals surface area contributed by atoms with Crippen LogP contribution < -0.4 is 9.13 Å². The number of imidazole rings is 2. The van der Waals surface area contributed by atoms with Crippen molar-refractivity contribution in [2.75, 3.05) is 0 Å². The molecule has 0 aliphatic rings. The van der Waals surface area contributed by atoms with Gasteiger partial charge in [-0.1, -0.05) is 72.8 Å². The van der Waals surface area contributed by atoms with Gasteiger partial charge in [0.05, 0.1) is 37.3 Å². The molecule has 2 aromatic heterocycles. The summed E-state index contributed by atoms with van der Waals surface area (Å²) in [6, 6.07) is 44.5. The van der Waals surface area contributed by atoms with E-state index in [2.05, 4.69) is 167 Å². The van der Waals surface area contributed by atoms with Crippen molar-refractivity contribution in [3.8, 4) is 45.0 Å². The summed E-state index contributed by atoms with van der Waals surface area (Å²) in [6.45, 7) is 12.7. The van der Waals surface area contributed by atoms with E-state index in [1.165, 1.54) is 67.1 Å². The number of nitrogens with zero attached hydrogens (tertiary/aromatic N) is 4. The Labute approximate surface area is 260 Å². The van der Waals surface area contributed by atoms with Crippen LogP contribution in [0.5, 0.6) is 0 Å². The molecule has 7 aromatic rings. The zero-order chi connectivity index (χ0) is 30.2. The average Bonchev–Trinajstić information content (AvgIpc) is 3.60. The minimum atomic E-state index is 0.938. The lowest BCUT2D eigenvalue weighted by Gasteiger charge is -2.08. The van der Waals surface area contributed by atoms with Crippen molar-refractivity contribution in [3.05, 3.63) is 121 Å². The maximum atomic E-state index is 2.43. The number of rotatable bonds is 8. The summed E-state index contributed by atoms with van der Waals surface area (Å²) in [5, 5.41) is 0. The first-order valence-electron chi connectivity index (χ1n) is 16.0. The van der Waals surface area contributed by atoms with Crippen molar-refractivity contribution in [1.82, 2.24) is 9.13 Å². The molecular weight excluding hydrogens is 536 g/mol. The largest absolute Gasteiger partial charge is 0.289 e. The molecule has 0 saturated carbocycles. The summed E-state index contributed by atoms with van der Waals surface area (Å²) in [6.07, 6.45) is 0. The molecule has 7 rings (SSSR count). The highest BCUT2D eigenvalue weighted by molar-refractivity contribution is 5.79. The van der Waals surface area contributed by atoms with E-state index in [1.807, 2.05) is 0 Å². The molecular formula is C40H40N4+2. The van der Waals surface area contributed by atoms with Crippen LogP contribution >= 0.6 is 0 Å². The predicted molar refractivity (Wildman–Crippen MR) is 182 cm³/mol.